The molecule has 2 amide bonds. The first kappa shape index (κ1) is 22.7. The fourth-order valence-electron chi connectivity index (χ4n) is 3.69. The minimum atomic E-state index is -0.531. The summed E-state index contributed by atoms with van der Waals surface area (Å²) in [5.74, 6) is 1.60. The summed E-state index contributed by atoms with van der Waals surface area (Å²) in [5.41, 5.74) is -0.294. The van der Waals surface area contributed by atoms with Gasteiger partial charge in [-0.3, -0.25) is 4.79 Å². The summed E-state index contributed by atoms with van der Waals surface area (Å²) >= 11 is 1.85. The van der Waals surface area contributed by atoms with Crippen LogP contribution in [0.5, 0.6) is 0 Å². The minimum absolute atomic E-state index is 0.0210. The van der Waals surface area contributed by atoms with Crippen molar-refractivity contribution in [2.75, 3.05) is 16.8 Å². The molecule has 2 heterocycles. The number of ether oxygens (including phenoxy) is 1. The van der Waals surface area contributed by atoms with Crippen LogP contribution >= 0.6 is 11.8 Å². The van der Waals surface area contributed by atoms with Crippen LogP contribution in [0.2, 0.25) is 0 Å². The molecule has 2 aliphatic rings. The number of carbonyl (C=O) groups is 2. The van der Waals surface area contributed by atoms with Crippen molar-refractivity contribution in [3.05, 3.63) is 23.6 Å². The maximum atomic E-state index is 13.8. The molecule has 3 rings (SSSR count). The van der Waals surface area contributed by atoms with Crippen molar-refractivity contribution in [2.24, 2.45) is 0 Å². The van der Waals surface area contributed by atoms with Crippen molar-refractivity contribution in [1.29, 1.82) is 0 Å². The van der Waals surface area contributed by atoms with E-state index in [-0.39, 0.29) is 29.6 Å². The predicted octanol–water partition coefficient (Wildman–Crippen LogP) is 3.70. The number of rotatable bonds is 5. The number of nitrogens with zero attached hydrogens (tertiary/aromatic N) is 1. The molecule has 166 valence electrons. The van der Waals surface area contributed by atoms with Gasteiger partial charge in [0.05, 0.1) is 11.8 Å². The van der Waals surface area contributed by atoms with Crippen molar-refractivity contribution in [1.82, 2.24) is 15.6 Å². The Morgan fingerprint density at radius 2 is 1.77 bits per heavy atom. The van der Waals surface area contributed by atoms with E-state index in [0.717, 1.165) is 49.8 Å². The molecule has 1 aliphatic carbocycles. The fraction of sp³-hybridized carbons (Fsp3) is 0.667. The lowest BCUT2D eigenvalue weighted by molar-refractivity contribution is 0.0488. The molecule has 1 saturated heterocycles. The summed E-state index contributed by atoms with van der Waals surface area (Å²) < 4.78 is 19.1. The Balaban J connectivity index is 1.52. The monoisotopic (exact) mass is 438 g/mol. The van der Waals surface area contributed by atoms with Crippen molar-refractivity contribution in [2.45, 2.75) is 76.6 Å². The van der Waals surface area contributed by atoms with Gasteiger partial charge in [0, 0.05) is 23.9 Å². The Kier molecular flexibility index (Phi) is 7.44. The van der Waals surface area contributed by atoms with Gasteiger partial charge in [0.1, 0.15) is 17.2 Å². The van der Waals surface area contributed by atoms with Crippen LogP contribution in [-0.4, -0.2) is 52.2 Å². The van der Waals surface area contributed by atoms with Crippen molar-refractivity contribution < 1.29 is 18.7 Å². The lowest BCUT2D eigenvalue weighted by Crippen LogP contribution is -2.45. The van der Waals surface area contributed by atoms with Crippen LogP contribution in [0, 0.1) is 5.82 Å². The van der Waals surface area contributed by atoms with Crippen LogP contribution in [0.3, 0.4) is 0 Å². The molecule has 0 bridgehead atoms. The number of halogens is 1. The minimum Gasteiger partial charge on any atom is -0.444 e. The molecule has 1 saturated carbocycles. The molecule has 1 aliphatic heterocycles. The van der Waals surface area contributed by atoms with Gasteiger partial charge in [-0.2, -0.15) is 11.8 Å². The maximum absolute atomic E-state index is 13.8. The number of hydrogen-bond donors (Lipinski definition) is 3. The third-order valence-electron chi connectivity index (χ3n) is 5.15. The summed E-state index contributed by atoms with van der Waals surface area (Å²) in [6.45, 7) is 5.48. The number of aromatic nitrogens is 1. The second kappa shape index (κ2) is 9.85. The number of hydrogen-bond acceptors (Lipinski definition) is 6. The quantitative estimate of drug-likeness (QED) is 0.649. The molecular weight excluding hydrogens is 407 g/mol. The fourth-order valence-corrected chi connectivity index (χ4v) is 4.84. The van der Waals surface area contributed by atoms with Crippen LogP contribution in [0.15, 0.2) is 12.3 Å². The van der Waals surface area contributed by atoms with E-state index in [1.807, 2.05) is 32.5 Å². The topological polar surface area (TPSA) is 92.4 Å². The normalized spacial score (nSPS) is 24.2. The van der Waals surface area contributed by atoms with Gasteiger partial charge in [-0.05, 0) is 64.7 Å². The molecule has 1 aromatic heterocycles. The standard InChI is InChI=1S/C21H31FN4O3S/c1-21(2,3)29-20(28)26-15-6-4-14(5-7-15)25-19(27)17-10-13(22)11-23-18(17)24-16-8-9-30-12-16/h10-11,14-16H,4-9,12H2,1-3H3,(H,23,24)(H,25,27)(H,26,28). The van der Waals surface area contributed by atoms with Crippen LogP contribution in [0.4, 0.5) is 15.0 Å². The number of thioether (sulfide) groups is 1. The van der Waals surface area contributed by atoms with Crippen LogP contribution in [0.1, 0.15) is 63.2 Å². The van der Waals surface area contributed by atoms with E-state index in [9.17, 15) is 14.0 Å². The summed E-state index contributed by atoms with van der Waals surface area (Å²) in [6.07, 6.45) is 4.68. The highest BCUT2D eigenvalue weighted by Crippen LogP contribution is 2.24. The number of amides is 2. The second-order valence-corrected chi connectivity index (χ2v) is 10.1. The number of anilines is 1. The van der Waals surface area contributed by atoms with E-state index in [0.29, 0.717) is 5.82 Å². The molecule has 1 aromatic rings. The van der Waals surface area contributed by atoms with E-state index in [4.69, 9.17) is 4.74 Å². The third-order valence-corrected chi connectivity index (χ3v) is 6.32. The van der Waals surface area contributed by atoms with Crippen molar-refractivity contribution >= 4 is 29.6 Å². The van der Waals surface area contributed by atoms with Gasteiger partial charge >= 0.3 is 6.09 Å². The van der Waals surface area contributed by atoms with Crippen LogP contribution in [0.25, 0.3) is 0 Å². The molecule has 9 heteroatoms. The number of nitrogens with one attached hydrogen (secondary N) is 3. The number of pyridine rings is 1. The molecular formula is C21H31FN4O3S. The van der Waals surface area contributed by atoms with Gasteiger partial charge in [-0.25, -0.2) is 14.2 Å². The molecule has 1 unspecified atom stereocenters. The number of carbonyl (C=O) groups excluding carboxylic acids is 2. The maximum Gasteiger partial charge on any atom is 0.407 e. The van der Waals surface area contributed by atoms with Gasteiger partial charge in [-0.15, -0.1) is 0 Å². The largest absolute Gasteiger partial charge is 0.444 e. The summed E-state index contributed by atoms with van der Waals surface area (Å²) in [6, 6.07) is 1.49. The van der Waals surface area contributed by atoms with Crippen LogP contribution in [-0.2, 0) is 4.74 Å². The Morgan fingerprint density at radius 1 is 1.10 bits per heavy atom. The molecule has 2 fully saturated rings. The zero-order chi connectivity index (χ0) is 21.7. The molecule has 1 atom stereocenters. The highest BCUT2D eigenvalue weighted by molar-refractivity contribution is 7.99. The molecule has 0 spiro atoms. The Bertz CT molecular complexity index is 757. The van der Waals surface area contributed by atoms with E-state index >= 15 is 0 Å². The third kappa shape index (κ3) is 6.75. The van der Waals surface area contributed by atoms with Gasteiger partial charge in [0.15, 0.2) is 0 Å². The molecule has 7 nitrogen and oxygen atoms in total. The smallest absolute Gasteiger partial charge is 0.407 e. The average molecular weight is 439 g/mol. The highest BCUT2D eigenvalue weighted by atomic mass is 32.2. The Labute approximate surface area is 181 Å². The second-order valence-electron chi connectivity index (χ2n) is 8.92. The SMILES string of the molecule is CC(C)(C)OC(=O)NC1CCC(NC(=O)c2cc(F)cnc2NC2CCSC2)CC1. The molecule has 0 radical (unpaired) electrons. The van der Waals surface area contributed by atoms with Gasteiger partial charge in [-0.1, -0.05) is 0 Å². The summed E-state index contributed by atoms with van der Waals surface area (Å²) in [7, 11) is 0. The number of alkyl carbamates (subject to hydrolysis) is 1. The van der Waals surface area contributed by atoms with Crippen LogP contribution < -0.4 is 16.0 Å². The van der Waals surface area contributed by atoms with E-state index in [1.165, 1.54) is 6.07 Å². The summed E-state index contributed by atoms with van der Waals surface area (Å²) in [4.78, 5) is 28.9. The van der Waals surface area contributed by atoms with Crippen molar-refractivity contribution in [3.63, 3.8) is 0 Å². The zero-order valence-corrected chi connectivity index (χ0v) is 18.6. The Hall–Kier alpha value is -2.03. The van der Waals surface area contributed by atoms with E-state index in [2.05, 4.69) is 20.9 Å². The van der Waals surface area contributed by atoms with Gasteiger partial charge in [0.2, 0.25) is 0 Å². The first-order valence-corrected chi connectivity index (χ1v) is 11.7. The molecule has 3 N–H and O–H groups in total. The van der Waals surface area contributed by atoms with Gasteiger partial charge in [0.25, 0.3) is 5.91 Å². The first-order valence-electron chi connectivity index (χ1n) is 10.5. The van der Waals surface area contributed by atoms with E-state index < -0.39 is 17.5 Å². The Morgan fingerprint density at radius 3 is 2.37 bits per heavy atom. The zero-order valence-electron chi connectivity index (χ0n) is 17.8. The van der Waals surface area contributed by atoms with Gasteiger partial charge < -0.3 is 20.7 Å². The lowest BCUT2D eigenvalue weighted by Gasteiger charge is -2.30. The highest BCUT2D eigenvalue weighted by Gasteiger charge is 2.27. The molecule has 0 aromatic carbocycles. The predicted molar refractivity (Wildman–Crippen MR) is 116 cm³/mol. The van der Waals surface area contributed by atoms with E-state index in [1.54, 1.807) is 0 Å². The first-order chi connectivity index (χ1) is 14.2. The average Bonchev–Trinajstić information content (AvgIpc) is 3.16. The lowest BCUT2D eigenvalue weighted by atomic mass is 9.91. The summed E-state index contributed by atoms with van der Waals surface area (Å²) in [5, 5.41) is 9.18. The molecule has 30 heavy (non-hydrogen) atoms. The van der Waals surface area contributed by atoms with Crippen molar-refractivity contribution in [3.8, 4) is 0 Å².